The van der Waals surface area contributed by atoms with Crippen LogP contribution in [0.15, 0.2) is 24.3 Å². The molecule has 0 bridgehead atoms. The molecule has 1 amide bonds. The Kier molecular flexibility index (Phi) is 55.4. The molecule has 0 saturated heterocycles. The molecule has 3 unspecified atom stereocenters. The van der Waals surface area contributed by atoms with E-state index in [0.29, 0.717) is 6.42 Å². The lowest BCUT2D eigenvalue weighted by Gasteiger charge is -2.21. The van der Waals surface area contributed by atoms with Gasteiger partial charge in [-0.15, -0.1) is 0 Å². The van der Waals surface area contributed by atoms with Crippen molar-refractivity contribution in [3.63, 3.8) is 0 Å². The van der Waals surface area contributed by atoms with Gasteiger partial charge < -0.3 is 20.6 Å². The zero-order valence-electron chi connectivity index (χ0n) is 44.9. The maximum absolute atomic E-state index is 12.6. The topological polar surface area (TPSA) is 89.8 Å². The molecular weight excluding hydrogens is 811 g/mol. The first-order valence-electron chi connectivity index (χ1n) is 30.2. The van der Waals surface area contributed by atoms with Crippen LogP contribution >= 0.6 is 0 Å². The Labute approximate surface area is 413 Å². The number of amides is 1. The van der Waals surface area contributed by atoms with Crippen molar-refractivity contribution in [1.29, 1.82) is 0 Å². The molecule has 0 aliphatic heterocycles. The van der Waals surface area contributed by atoms with Crippen LogP contribution in [0.3, 0.4) is 0 Å². The number of nitrogens with one attached hydrogen (secondary N) is 1. The Hall–Kier alpha value is -1.17. The van der Waals surface area contributed by atoms with Crippen LogP contribution in [-0.4, -0.2) is 46.1 Å². The normalized spacial score (nSPS) is 13.3. The van der Waals surface area contributed by atoms with Gasteiger partial charge in [0.2, 0.25) is 5.91 Å². The van der Waals surface area contributed by atoms with Crippen LogP contribution < -0.4 is 5.32 Å². The van der Waals surface area contributed by atoms with E-state index in [1.807, 2.05) is 6.08 Å². The van der Waals surface area contributed by atoms with Gasteiger partial charge in [0.25, 0.3) is 0 Å². The molecule has 0 heterocycles. The van der Waals surface area contributed by atoms with Crippen LogP contribution in [0.5, 0.6) is 0 Å². The molecule has 0 spiro atoms. The third-order valence-corrected chi connectivity index (χ3v) is 14.3. The number of aliphatic hydroxyl groups excluding tert-OH is 3. The molecular formula is C61H119NO4. The van der Waals surface area contributed by atoms with E-state index < -0.39 is 24.2 Å². The third-order valence-electron chi connectivity index (χ3n) is 14.3. The summed E-state index contributed by atoms with van der Waals surface area (Å²) in [6.45, 7) is 4.22. The van der Waals surface area contributed by atoms with Crippen molar-refractivity contribution in [2.75, 3.05) is 6.61 Å². The third kappa shape index (κ3) is 50.7. The molecule has 0 rings (SSSR count). The summed E-state index contributed by atoms with van der Waals surface area (Å²) in [4.78, 5) is 12.6. The maximum atomic E-state index is 12.6. The number of hydrogen-bond donors (Lipinski definition) is 4. The van der Waals surface area contributed by atoms with Gasteiger partial charge in [-0.05, 0) is 44.9 Å². The largest absolute Gasteiger partial charge is 0.394 e. The second-order valence-corrected chi connectivity index (χ2v) is 20.9. The van der Waals surface area contributed by atoms with Crippen LogP contribution in [0.4, 0.5) is 0 Å². The Bertz CT molecular complexity index is 982. The Balaban J connectivity index is 3.51. The van der Waals surface area contributed by atoms with Crippen molar-refractivity contribution in [2.45, 2.75) is 353 Å². The minimum absolute atomic E-state index is 0.360. The van der Waals surface area contributed by atoms with E-state index in [1.54, 1.807) is 6.08 Å². The summed E-state index contributed by atoms with van der Waals surface area (Å²) in [6, 6.07) is -0.796. The fourth-order valence-electron chi connectivity index (χ4n) is 9.60. The fourth-order valence-corrected chi connectivity index (χ4v) is 9.60. The van der Waals surface area contributed by atoms with Crippen molar-refractivity contribution in [1.82, 2.24) is 5.32 Å². The summed E-state index contributed by atoms with van der Waals surface area (Å²) in [5.41, 5.74) is 0. The molecule has 0 aromatic heterocycles. The lowest BCUT2D eigenvalue weighted by atomic mass is 10.0. The first-order valence-corrected chi connectivity index (χ1v) is 30.2. The summed E-state index contributed by atoms with van der Waals surface area (Å²) in [5.74, 6) is -0.497. The maximum Gasteiger partial charge on any atom is 0.249 e. The second kappa shape index (κ2) is 56.4. The zero-order chi connectivity index (χ0) is 47.9. The zero-order valence-corrected chi connectivity index (χ0v) is 44.9. The summed E-state index contributed by atoms with van der Waals surface area (Å²) >= 11 is 0. The smallest absolute Gasteiger partial charge is 0.249 e. The lowest BCUT2D eigenvalue weighted by Crippen LogP contribution is -2.48. The highest BCUT2D eigenvalue weighted by Crippen LogP contribution is 2.18. The summed E-state index contributed by atoms with van der Waals surface area (Å²) in [7, 11) is 0. The SMILES string of the molecule is CCCCCCCCCCCCCC/C=C\CCCCCCCCCCCCCCCCCCC(O)C(=O)NC(CO)C(O)/C=C/CCCCCCCCCCCCCCCCCCCC. The van der Waals surface area contributed by atoms with Crippen molar-refractivity contribution in [3.8, 4) is 0 Å². The van der Waals surface area contributed by atoms with Crippen LogP contribution in [0.2, 0.25) is 0 Å². The molecule has 0 fully saturated rings. The van der Waals surface area contributed by atoms with Crippen molar-refractivity contribution < 1.29 is 20.1 Å². The minimum Gasteiger partial charge on any atom is -0.394 e. The molecule has 4 N–H and O–H groups in total. The molecule has 5 nitrogen and oxygen atoms in total. The Morgan fingerprint density at radius 2 is 0.606 bits per heavy atom. The van der Waals surface area contributed by atoms with E-state index in [0.717, 1.165) is 32.1 Å². The van der Waals surface area contributed by atoms with Crippen LogP contribution in [0.1, 0.15) is 335 Å². The van der Waals surface area contributed by atoms with E-state index in [2.05, 4.69) is 31.3 Å². The number of allylic oxidation sites excluding steroid dienone is 3. The molecule has 3 atom stereocenters. The van der Waals surface area contributed by atoms with Crippen LogP contribution in [0, 0.1) is 0 Å². The summed E-state index contributed by atoms with van der Waals surface area (Å²) in [5, 5.41) is 33.4. The molecule has 0 saturated carbocycles. The molecule has 0 aliphatic carbocycles. The van der Waals surface area contributed by atoms with E-state index in [-0.39, 0.29) is 6.61 Å². The molecule has 0 aromatic carbocycles. The molecule has 0 aromatic rings. The van der Waals surface area contributed by atoms with Gasteiger partial charge in [0.1, 0.15) is 6.10 Å². The Morgan fingerprint density at radius 1 is 0.364 bits per heavy atom. The monoisotopic (exact) mass is 930 g/mol. The van der Waals surface area contributed by atoms with Gasteiger partial charge in [0.15, 0.2) is 0 Å². The molecule has 0 aliphatic rings. The minimum atomic E-state index is -1.10. The van der Waals surface area contributed by atoms with Crippen molar-refractivity contribution in [3.05, 3.63) is 24.3 Å². The standard InChI is InChI=1S/C61H119NO4/c1-3-5-7-9-11-13-15-17-19-21-23-25-26-27-28-29-30-31-32-33-34-35-36-38-40-42-44-46-48-50-52-54-56-60(65)61(66)62-58(57-63)59(64)55-53-51-49-47-45-43-41-39-37-24-22-20-18-16-14-12-10-8-6-4-2/h27-28,53,55,58-60,63-65H,3-26,29-52,54,56-57H2,1-2H3,(H,62,66)/b28-27-,55-53+. The Morgan fingerprint density at radius 3 is 0.879 bits per heavy atom. The average Bonchev–Trinajstić information content (AvgIpc) is 3.32. The lowest BCUT2D eigenvalue weighted by molar-refractivity contribution is -0.131. The average molecular weight is 931 g/mol. The highest BCUT2D eigenvalue weighted by atomic mass is 16.3. The summed E-state index contributed by atoms with van der Waals surface area (Å²) in [6.07, 6.45) is 72.8. The van der Waals surface area contributed by atoms with Gasteiger partial charge >= 0.3 is 0 Å². The van der Waals surface area contributed by atoms with E-state index in [4.69, 9.17) is 0 Å². The number of carbonyl (C=O) groups excluding carboxylic acids is 1. The fraction of sp³-hybridized carbons (Fsp3) is 0.918. The van der Waals surface area contributed by atoms with Gasteiger partial charge in [0, 0.05) is 0 Å². The number of unbranched alkanes of at least 4 members (excludes halogenated alkanes) is 46. The van der Waals surface area contributed by atoms with Gasteiger partial charge in [-0.3, -0.25) is 4.79 Å². The van der Waals surface area contributed by atoms with Gasteiger partial charge in [-0.25, -0.2) is 0 Å². The number of rotatable bonds is 56. The van der Waals surface area contributed by atoms with E-state index >= 15 is 0 Å². The summed E-state index contributed by atoms with van der Waals surface area (Å²) < 4.78 is 0. The number of carbonyl (C=O) groups is 1. The second-order valence-electron chi connectivity index (χ2n) is 20.9. The molecule has 0 radical (unpaired) electrons. The predicted molar refractivity (Wildman–Crippen MR) is 292 cm³/mol. The first-order chi connectivity index (χ1) is 32.6. The number of aliphatic hydroxyl groups is 3. The molecule has 5 heteroatoms. The predicted octanol–water partition coefficient (Wildman–Crippen LogP) is 18.8. The van der Waals surface area contributed by atoms with E-state index in [1.165, 1.54) is 283 Å². The van der Waals surface area contributed by atoms with Gasteiger partial charge in [0.05, 0.1) is 18.8 Å². The van der Waals surface area contributed by atoms with Gasteiger partial charge in [-0.1, -0.05) is 314 Å². The van der Waals surface area contributed by atoms with Crippen molar-refractivity contribution in [2.24, 2.45) is 0 Å². The quantitative estimate of drug-likeness (QED) is 0.0361. The highest BCUT2D eigenvalue weighted by molar-refractivity contribution is 5.80. The van der Waals surface area contributed by atoms with Crippen molar-refractivity contribution >= 4 is 5.91 Å². The molecule has 392 valence electrons. The first kappa shape index (κ1) is 64.8. The number of hydrogen-bond acceptors (Lipinski definition) is 4. The highest BCUT2D eigenvalue weighted by Gasteiger charge is 2.22. The van der Waals surface area contributed by atoms with Crippen LogP contribution in [-0.2, 0) is 4.79 Å². The van der Waals surface area contributed by atoms with Gasteiger partial charge in [-0.2, -0.15) is 0 Å². The van der Waals surface area contributed by atoms with E-state index in [9.17, 15) is 20.1 Å². The van der Waals surface area contributed by atoms with Crippen LogP contribution in [0.25, 0.3) is 0 Å². The molecule has 66 heavy (non-hydrogen) atoms.